The van der Waals surface area contributed by atoms with Crippen LogP contribution in [-0.2, 0) is 6.42 Å². The highest BCUT2D eigenvalue weighted by Gasteiger charge is 2.21. The number of aromatic nitrogens is 2. The molecule has 2 aromatic rings. The second kappa shape index (κ2) is 5.75. The molecule has 102 valence electrons. The third kappa shape index (κ3) is 3.36. The van der Waals surface area contributed by atoms with Gasteiger partial charge in [-0.2, -0.15) is 4.98 Å². The summed E-state index contributed by atoms with van der Waals surface area (Å²) >= 11 is 3.38. The van der Waals surface area contributed by atoms with Crippen molar-refractivity contribution in [2.45, 2.75) is 25.9 Å². The van der Waals surface area contributed by atoms with Crippen molar-refractivity contribution < 1.29 is 18.4 Å². The van der Waals surface area contributed by atoms with Crippen LogP contribution in [0.2, 0.25) is 0 Å². The molecule has 1 aromatic heterocycles. The molecule has 0 aliphatic heterocycles. The van der Waals surface area contributed by atoms with Gasteiger partial charge in [0.05, 0.1) is 6.42 Å². The van der Waals surface area contributed by atoms with Crippen LogP contribution in [0.15, 0.2) is 27.2 Å². The largest absolute Gasteiger partial charge is 0.387 e. The molecule has 0 saturated heterocycles. The molecule has 1 heterocycles. The first-order valence-corrected chi connectivity index (χ1v) is 6.32. The first-order chi connectivity index (χ1) is 8.97. The summed E-state index contributed by atoms with van der Waals surface area (Å²) < 4.78 is 30.0. The van der Waals surface area contributed by atoms with Crippen LogP contribution >= 0.6 is 15.9 Å². The van der Waals surface area contributed by atoms with E-state index in [0.29, 0.717) is 11.4 Å². The summed E-state index contributed by atoms with van der Waals surface area (Å²) in [7, 11) is 0. The van der Waals surface area contributed by atoms with Gasteiger partial charge in [-0.05, 0) is 24.6 Å². The number of halogens is 3. The van der Waals surface area contributed by atoms with Gasteiger partial charge in [0.1, 0.15) is 6.10 Å². The Bertz CT molecular complexity index is 575. The molecular formula is C12H11BrF2N2O2. The molecule has 0 spiro atoms. The number of rotatable bonds is 4. The molecule has 1 N–H and O–H groups in total. The second-order valence-electron chi connectivity index (χ2n) is 4.10. The van der Waals surface area contributed by atoms with E-state index in [2.05, 4.69) is 26.1 Å². The highest BCUT2D eigenvalue weighted by Crippen LogP contribution is 2.27. The standard InChI is InChI=1S/C12H11BrF2N2O2/c1-6-2-3-7(8(13)4-6)12-16-10(19-17-12)5-9(18)11(14)15/h2-4,9,11,18H,5H2,1H3. The summed E-state index contributed by atoms with van der Waals surface area (Å²) in [5, 5.41) is 12.8. The number of aryl methyl sites for hydroxylation is 1. The molecule has 4 nitrogen and oxygen atoms in total. The Kier molecular flexibility index (Phi) is 4.26. The minimum atomic E-state index is -2.83. The van der Waals surface area contributed by atoms with Gasteiger partial charge in [0.15, 0.2) is 0 Å². The first-order valence-electron chi connectivity index (χ1n) is 5.52. The van der Waals surface area contributed by atoms with Crippen molar-refractivity contribution in [2.75, 3.05) is 0 Å². The molecule has 0 aliphatic carbocycles. The van der Waals surface area contributed by atoms with Crippen LogP contribution in [0.4, 0.5) is 8.78 Å². The average molecular weight is 333 g/mol. The van der Waals surface area contributed by atoms with Crippen LogP contribution in [-0.4, -0.2) is 27.8 Å². The van der Waals surface area contributed by atoms with Gasteiger partial charge in [-0.25, -0.2) is 8.78 Å². The first kappa shape index (κ1) is 14.1. The summed E-state index contributed by atoms with van der Waals surface area (Å²) in [4.78, 5) is 3.99. The lowest BCUT2D eigenvalue weighted by atomic mass is 10.1. The van der Waals surface area contributed by atoms with E-state index in [1.807, 2.05) is 19.1 Å². The van der Waals surface area contributed by atoms with E-state index >= 15 is 0 Å². The molecule has 0 radical (unpaired) electrons. The molecule has 19 heavy (non-hydrogen) atoms. The normalized spacial score (nSPS) is 12.9. The van der Waals surface area contributed by atoms with Crippen LogP contribution < -0.4 is 0 Å². The summed E-state index contributed by atoms with van der Waals surface area (Å²) in [5.74, 6) is 0.276. The number of alkyl halides is 2. The van der Waals surface area contributed by atoms with Crippen LogP contribution in [0.5, 0.6) is 0 Å². The van der Waals surface area contributed by atoms with Crippen molar-refractivity contribution in [1.29, 1.82) is 0 Å². The van der Waals surface area contributed by atoms with E-state index in [1.165, 1.54) is 0 Å². The van der Waals surface area contributed by atoms with E-state index in [9.17, 15) is 8.78 Å². The van der Waals surface area contributed by atoms with Crippen LogP contribution in [0.1, 0.15) is 11.5 Å². The maximum Gasteiger partial charge on any atom is 0.264 e. The molecule has 0 saturated carbocycles. The highest BCUT2D eigenvalue weighted by atomic mass is 79.9. The summed E-state index contributed by atoms with van der Waals surface area (Å²) in [5.41, 5.74) is 1.76. The van der Waals surface area contributed by atoms with Crippen molar-refractivity contribution in [3.05, 3.63) is 34.1 Å². The maximum absolute atomic E-state index is 12.2. The van der Waals surface area contributed by atoms with Crippen molar-refractivity contribution in [3.8, 4) is 11.4 Å². The number of benzene rings is 1. The van der Waals surface area contributed by atoms with Gasteiger partial charge in [0.25, 0.3) is 6.43 Å². The van der Waals surface area contributed by atoms with Crippen molar-refractivity contribution in [2.24, 2.45) is 0 Å². The van der Waals surface area contributed by atoms with Gasteiger partial charge in [-0.15, -0.1) is 0 Å². The minimum Gasteiger partial charge on any atom is -0.387 e. The smallest absolute Gasteiger partial charge is 0.264 e. The number of aliphatic hydroxyl groups is 1. The SMILES string of the molecule is Cc1ccc(-c2noc(CC(O)C(F)F)n2)c(Br)c1. The van der Waals surface area contributed by atoms with Gasteiger partial charge in [0.2, 0.25) is 11.7 Å². The zero-order valence-electron chi connectivity index (χ0n) is 9.98. The summed E-state index contributed by atoms with van der Waals surface area (Å²) in [6.07, 6.45) is -5.00. The Labute approximate surface area is 116 Å². The van der Waals surface area contributed by atoms with Gasteiger partial charge in [-0.3, -0.25) is 0 Å². The van der Waals surface area contributed by atoms with Crippen molar-refractivity contribution in [1.82, 2.24) is 10.1 Å². The van der Waals surface area contributed by atoms with E-state index in [0.717, 1.165) is 10.0 Å². The Hall–Kier alpha value is -1.34. The molecule has 0 fully saturated rings. The highest BCUT2D eigenvalue weighted by molar-refractivity contribution is 9.10. The Morgan fingerprint density at radius 2 is 2.16 bits per heavy atom. The number of hydrogen-bond acceptors (Lipinski definition) is 4. The quantitative estimate of drug-likeness (QED) is 0.935. The van der Waals surface area contributed by atoms with Gasteiger partial charge < -0.3 is 9.63 Å². The number of aliphatic hydroxyl groups excluding tert-OH is 1. The van der Waals surface area contributed by atoms with Crippen LogP contribution in [0, 0.1) is 6.92 Å². The van der Waals surface area contributed by atoms with E-state index in [4.69, 9.17) is 9.63 Å². The van der Waals surface area contributed by atoms with Gasteiger partial charge in [-0.1, -0.05) is 27.2 Å². The molecule has 0 bridgehead atoms. The van der Waals surface area contributed by atoms with Crippen LogP contribution in [0.25, 0.3) is 11.4 Å². The molecule has 2 rings (SSSR count). The molecular weight excluding hydrogens is 322 g/mol. The van der Waals surface area contributed by atoms with E-state index in [1.54, 1.807) is 6.07 Å². The lowest BCUT2D eigenvalue weighted by Crippen LogP contribution is -2.20. The van der Waals surface area contributed by atoms with E-state index < -0.39 is 12.5 Å². The third-order valence-corrected chi connectivity index (χ3v) is 3.16. The van der Waals surface area contributed by atoms with Gasteiger partial charge >= 0.3 is 0 Å². The molecule has 1 unspecified atom stereocenters. The zero-order chi connectivity index (χ0) is 14.0. The molecule has 1 aromatic carbocycles. The predicted molar refractivity (Wildman–Crippen MR) is 67.9 cm³/mol. The van der Waals surface area contributed by atoms with Crippen molar-refractivity contribution >= 4 is 15.9 Å². The summed E-state index contributed by atoms with van der Waals surface area (Å²) in [6.45, 7) is 1.94. The fraction of sp³-hybridized carbons (Fsp3) is 0.333. The average Bonchev–Trinajstić information content (AvgIpc) is 2.77. The Morgan fingerprint density at radius 1 is 1.42 bits per heavy atom. The lowest BCUT2D eigenvalue weighted by molar-refractivity contribution is -0.00754. The fourth-order valence-electron chi connectivity index (χ4n) is 1.52. The zero-order valence-corrected chi connectivity index (χ0v) is 11.6. The van der Waals surface area contributed by atoms with Crippen molar-refractivity contribution in [3.63, 3.8) is 0 Å². The summed E-state index contributed by atoms with van der Waals surface area (Å²) in [6, 6.07) is 5.57. The Balaban J connectivity index is 2.21. The maximum atomic E-state index is 12.2. The molecule has 1 atom stereocenters. The Morgan fingerprint density at radius 3 is 2.79 bits per heavy atom. The van der Waals surface area contributed by atoms with E-state index in [-0.39, 0.29) is 12.3 Å². The molecule has 7 heteroatoms. The minimum absolute atomic E-state index is 0.0183. The number of hydrogen-bond donors (Lipinski definition) is 1. The monoisotopic (exact) mass is 332 g/mol. The van der Waals surface area contributed by atoms with Gasteiger partial charge in [0, 0.05) is 10.0 Å². The second-order valence-corrected chi connectivity index (χ2v) is 4.96. The lowest BCUT2D eigenvalue weighted by Gasteiger charge is -2.04. The molecule has 0 amide bonds. The number of nitrogens with zero attached hydrogens (tertiary/aromatic N) is 2. The van der Waals surface area contributed by atoms with Crippen LogP contribution in [0.3, 0.4) is 0 Å². The molecule has 0 aliphatic rings. The topological polar surface area (TPSA) is 59.2 Å². The predicted octanol–water partition coefficient (Wildman–Crippen LogP) is 2.98. The third-order valence-electron chi connectivity index (χ3n) is 2.51. The fourth-order valence-corrected chi connectivity index (χ4v) is 2.19.